The SMILES string of the molecule is CC(=O)N[C@@H](CCCN=C(N)N)C(=O)N[C@@H](CC1CCCCC1)C(=O)NC1CC[C@H]2CCC[C@@H](C(=O)N[C@H](CCCN=C(N)N)C(=O)NC(Cc3ccc(Cl)cc3)C(N)=O)N2C1=O. The van der Waals surface area contributed by atoms with Crippen molar-refractivity contribution < 1.29 is 33.6 Å². The Morgan fingerprint density at radius 2 is 1.29 bits per heavy atom. The number of benzene rings is 1. The minimum absolute atomic E-state index is 0.0778. The third kappa shape index (κ3) is 16.2. The first-order chi connectivity index (χ1) is 30.0. The molecule has 0 radical (unpaired) electrons. The van der Waals surface area contributed by atoms with Gasteiger partial charge in [0.1, 0.15) is 36.3 Å². The number of rotatable bonds is 22. The molecule has 0 spiro atoms. The van der Waals surface area contributed by atoms with Crippen LogP contribution in [0.2, 0.25) is 5.02 Å². The van der Waals surface area contributed by atoms with Crippen LogP contribution in [0.25, 0.3) is 0 Å². The summed E-state index contributed by atoms with van der Waals surface area (Å²) in [6.07, 6.45) is 8.72. The molecular formula is C42H66ClN13O7. The number of carbonyl (C=O) groups excluding carboxylic acids is 7. The number of primary amides is 1. The summed E-state index contributed by atoms with van der Waals surface area (Å²) in [5, 5.41) is 14.4. The molecule has 348 valence electrons. The van der Waals surface area contributed by atoms with Crippen molar-refractivity contribution in [2.45, 2.75) is 152 Å². The summed E-state index contributed by atoms with van der Waals surface area (Å²) in [5.74, 6) is -4.01. The lowest BCUT2D eigenvalue weighted by molar-refractivity contribution is -0.152. The fourth-order valence-electron chi connectivity index (χ4n) is 8.69. The number of nitrogens with two attached hydrogens (primary N) is 5. The van der Waals surface area contributed by atoms with Gasteiger partial charge >= 0.3 is 0 Å². The number of carbonyl (C=O) groups is 7. The number of nitrogens with one attached hydrogen (secondary N) is 5. The highest BCUT2D eigenvalue weighted by molar-refractivity contribution is 6.30. The molecule has 2 heterocycles. The molecule has 7 atom stereocenters. The van der Waals surface area contributed by atoms with Gasteiger partial charge in [-0.3, -0.25) is 43.5 Å². The van der Waals surface area contributed by atoms with Crippen LogP contribution in [0, 0.1) is 5.92 Å². The van der Waals surface area contributed by atoms with Gasteiger partial charge in [-0.05, 0) is 87.8 Å². The Morgan fingerprint density at radius 1 is 0.698 bits per heavy atom. The van der Waals surface area contributed by atoms with Crippen molar-refractivity contribution in [3.05, 3.63) is 34.9 Å². The van der Waals surface area contributed by atoms with Crippen LogP contribution in [0.1, 0.15) is 109 Å². The van der Waals surface area contributed by atoms with Crippen molar-refractivity contribution >= 4 is 64.9 Å². The molecule has 0 bridgehead atoms. The van der Waals surface area contributed by atoms with Crippen LogP contribution in [0.3, 0.4) is 0 Å². The molecule has 21 heteroatoms. The van der Waals surface area contributed by atoms with Crippen LogP contribution in [0.4, 0.5) is 0 Å². The van der Waals surface area contributed by atoms with Crippen LogP contribution in [-0.4, -0.2) is 114 Å². The second-order valence-electron chi connectivity index (χ2n) is 16.8. The van der Waals surface area contributed by atoms with Crippen LogP contribution < -0.4 is 55.3 Å². The minimum atomic E-state index is -1.15. The maximum atomic E-state index is 14.4. The molecule has 7 amide bonds. The summed E-state index contributed by atoms with van der Waals surface area (Å²) >= 11 is 6.02. The molecule has 2 saturated heterocycles. The first kappa shape index (κ1) is 50.0. The van der Waals surface area contributed by atoms with Gasteiger partial charge in [0.15, 0.2) is 11.9 Å². The second-order valence-corrected chi connectivity index (χ2v) is 17.2. The van der Waals surface area contributed by atoms with Gasteiger partial charge in [-0.25, -0.2) is 0 Å². The number of amides is 7. The number of piperidine rings is 2. The van der Waals surface area contributed by atoms with E-state index < -0.39 is 77.6 Å². The van der Waals surface area contributed by atoms with E-state index in [4.69, 9.17) is 40.3 Å². The van der Waals surface area contributed by atoms with E-state index in [9.17, 15) is 33.6 Å². The van der Waals surface area contributed by atoms with E-state index in [1.807, 2.05) is 0 Å². The number of hydrogen-bond donors (Lipinski definition) is 10. The van der Waals surface area contributed by atoms with E-state index in [1.165, 1.54) is 11.8 Å². The lowest BCUT2D eigenvalue weighted by atomic mass is 9.84. The number of hydrogen-bond acceptors (Lipinski definition) is 9. The first-order valence-corrected chi connectivity index (χ1v) is 22.3. The Balaban J connectivity index is 1.49. The van der Waals surface area contributed by atoms with Gasteiger partial charge in [-0.15, -0.1) is 0 Å². The third-order valence-corrected chi connectivity index (χ3v) is 12.1. The molecular weight excluding hydrogens is 834 g/mol. The Morgan fingerprint density at radius 3 is 1.86 bits per heavy atom. The summed E-state index contributed by atoms with van der Waals surface area (Å²) in [7, 11) is 0. The zero-order chi connectivity index (χ0) is 46.1. The van der Waals surface area contributed by atoms with E-state index in [-0.39, 0.29) is 56.2 Å². The highest BCUT2D eigenvalue weighted by atomic mass is 35.5. The van der Waals surface area contributed by atoms with Crippen LogP contribution in [0.5, 0.6) is 0 Å². The van der Waals surface area contributed by atoms with E-state index in [0.29, 0.717) is 62.0 Å². The average Bonchev–Trinajstić information content (AvgIpc) is 3.23. The predicted molar refractivity (Wildman–Crippen MR) is 238 cm³/mol. The van der Waals surface area contributed by atoms with Crippen LogP contribution in [0.15, 0.2) is 34.3 Å². The number of guanidine groups is 2. The molecule has 1 aromatic carbocycles. The number of nitrogens with zero attached hydrogens (tertiary/aromatic N) is 3. The van der Waals surface area contributed by atoms with Crippen molar-refractivity contribution in [3.63, 3.8) is 0 Å². The van der Waals surface area contributed by atoms with Crippen LogP contribution in [-0.2, 0) is 40.0 Å². The number of halogens is 1. The van der Waals surface area contributed by atoms with Gasteiger partial charge < -0.3 is 60.2 Å². The molecule has 2 aliphatic heterocycles. The lowest BCUT2D eigenvalue weighted by Crippen LogP contribution is -2.65. The minimum Gasteiger partial charge on any atom is -0.370 e. The monoisotopic (exact) mass is 899 g/mol. The molecule has 1 aromatic rings. The van der Waals surface area contributed by atoms with E-state index in [0.717, 1.165) is 32.1 Å². The molecule has 4 rings (SSSR count). The third-order valence-electron chi connectivity index (χ3n) is 11.9. The van der Waals surface area contributed by atoms with Crippen LogP contribution >= 0.6 is 11.6 Å². The van der Waals surface area contributed by atoms with Gasteiger partial charge in [0, 0.05) is 37.5 Å². The molecule has 63 heavy (non-hydrogen) atoms. The fourth-order valence-corrected chi connectivity index (χ4v) is 8.82. The van der Waals surface area contributed by atoms with Crippen molar-refractivity contribution in [2.24, 2.45) is 44.6 Å². The smallest absolute Gasteiger partial charge is 0.246 e. The predicted octanol–water partition coefficient (Wildman–Crippen LogP) is -0.567. The molecule has 15 N–H and O–H groups in total. The highest BCUT2D eigenvalue weighted by Gasteiger charge is 2.45. The van der Waals surface area contributed by atoms with Crippen molar-refractivity contribution in [2.75, 3.05) is 13.1 Å². The van der Waals surface area contributed by atoms with Crippen molar-refractivity contribution in [3.8, 4) is 0 Å². The van der Waals surface area contributed by atoms with Gasteiger partial charge in [0.05, 0.1) is 0 Å². The average molecular weight is 901 g/mol. The summed E-state index contributed by atoms with van der Waals surface area (Å²) < 4.78 is 0. The molecule has 0 aromatic heterocycles. The van der Waals surface area contributed by atoms with E-state index >= 15 is 0 Å². The summed E-state index contributed by atoms with van der Waals surface area (Å²) in [4.78, 5) is 104. The Kier molecular flexibility index (Phi) is 19.7. The van der Waals surface area contributed by atoms with Crippen molar-refractivity contribution in [1.29, 1.82) is 0 Å². The first-order valence-electron chi connectivity index (χ1n) is 22.0. The van der Waals surface area contributed by atoms with Gasteiger partial charge in [-0.1, -0.05) is 55.8 Å². The molecule has 1 aliphatic carbocycles. The topological polar surface area (TPSA) is 338 Å². The molecule has 3 aliphatic rings. The van der Waals surface area contributed by atoms with E-state index in [2.05, 4.69) is 36.6 Å². The summed E-state index contributed by atoms with van der Waals surface area (Å²) in [6.45, 7) is 1.71. The second kappa shape index (κ2) is 24.8. The molecule has 20 nitrogen and oxygen atoms in total. The van der Waals surface area contributed by atoms with Crippen molar-refractivity contribution in [1.82, 2.24) is 31.5 Å². The standard InChI is InChI=1S/C42H66ClN13O7/c1-24(57)51-29(11-6-20-49-41(45)46)36(59)55-33(23-25-8-3-2-4-9-25)38(61)53-31-19-18-28-10-5-13-34(56(28)40(31)63)39(62)52-30(12-7-21-50-42(47)48)37(60)54-32(35(44)58)22-26-14-16-27(43)17-15-26/h14-17,25,28-34H,2-13,18-23H2,1H3,(H2,44,58)(H,51,57)(H,52,62)(H,53,61)(H,54,60)(H,55,59)(H4,45,46,49)(H4,47,48,50)/t28-,29+,30-,31?,32?,33+,34+/m1/s1. The molecule has 3 fully saturated rings. The Labute approximate surface area is 373 Å². The number of fused-ring (bicyclic) bond motifs is 1. The highest BCUT2D eigenvalue weighted by Crippen LogP contribution is 2.32. The normalized spacial score (nSPS) is 20.6. The maximum Gasteiger partial charge on any atom is 0.246 e. The Bertz CT molecular complexity index is 1820. The zero-order valence-electron chi connectivity index (χ0n) is 36.1. The molecule has 2 unspecified atom stereocenters. The summed E-state index contributed by atoms with van der Waals surface area (Å²) in [6, 6.07) is 0.294. The molecule has 1 saturated carbocycles. The fraction of sp³-hybridized carbons (Fsp3) is 0.643. The number of aliphatic imine (C=N–C) groups is 2. The van der Waals surface area contributed by atoms with Gasteiger partial charge in [0.2, 0.25) is 41.4 Å². The lowest BCUT2D eigenvalue weighted by Gasteiger charge is -2.46. The Hall–Kier alpha value is -5.66. The van der Waals surface area contributed by atoms with Gasteiger partial charge in [0.25, 0.3) is 0 Å². The van der Waals surface area contributed by atoms with E-state index in [1.54, 1.807) is 24.3 Å². The van der Waals surface area contributed by atoms with Gasteiger partial charge in [-0.2, -0.15) is 0 Å². The zero-order valence-corrected chi connectivity index (χ0v) is 36.9. The maximum absolute atomic E-state index is 14.4. The largest absolute Gasteiger partial charge is 0.370 e. The summed E-state index contributed by atoms with van der Waals surface area (Å²) in [5.41, 5.74) is 28.2. The quantitative estimate of drug-likeness (QED) is 0.0399.